The predicted octanol–water partition coefficient (Wildman–Crippen LogP) is 2.27. The van der Waals surface area contributed by atoms with Crippen LogP contribution in [-0.2, 0) is 0 Å². The van der Waals surface area contributed by atoms with Crippen LogP contribution in [0.4, 0.5) is 5.69 Å². The van der Waals surface area contributed by atoms with Gasteiger partial charge in [-0.3, -0.25) is 4.79 Å². The van der Waals surface area contributed by atoms with Gasteiger partial charge in [-0.2, -0.15) is 0 Å². The molecule has 1 amide bonds. The van der Waals surface area contributed by atoms with Crippen LogP contribution in [0, 0.1) is 0 Å². The van der Waals surface area contributed by atoms with Gasteiger partial charge in [0.05, 0.1) is 16.8 Å². The third kappa shape index (κ3) is 3.59. The Labute approximate surface area is 151 Å². The van der Waals surface area contributed by atoms with Crippen LogP contribution in [-0.4, -0.2) is 29.9 Å². The van der Waals surface area contributed by atoms with E-state index in [-0.39, 0.29) is 22.6 Å². The van der Waals surface area contributed by atoms with E-state index >= 15 is 0 Å². The van der Waals surface area contributed by atoms with Crippen molar-refractivity contribution in [2.24, 2.45) is 0 Å². The van der Waals surface area contributed by atoms with Gasteiger partial charge in [-0.15, -0.1) is 0 Å². The number of carbonyl (C=O) groups is 2. The minimum Gasteiger partial charge on any atom is -0.507 e. The van der Waals surface area contributed by atoms with E-state index in [1.165, 1.54) is 12.1 Å². The van der Waals surface area contributed by atoms with Crippen LogP contribution in [0.25, 0.3) is 11.1 Å². The molecule has 0 heterocycles. The second-order valence-corrected chi connectivity index (χ2v) is 5.91. The molecule has 6 heteroatoms. The fourth-order valence-corrected chi connectivity index (χ4v) is 2.67. The highest BCUT2D eigenvalue weighted by molar-refractivity contribution is 6.33. The number of carboxylic acid groups (broad SMARTS) is 1. The minimum absolute atomic E-state index is 0.0230. The average Bonchev–Trinajstić information content (AvgIpc) is 2.64. The van der Waals surface area contributed by atoms with Crippen molar-refractivity contribution in [1.29, 1.82) is 0 Å². The molecule has 0 atom stereocenters. The molecule has 26 heavy (non-hydrogen) atoms. The number of anilines is 1. The van der Waals surface area contributed by atoms with Crippen LogP contribution in [0.1, 0.15) is 20.7 Å². The lowest BCUT2D eigenvalue weighted by atomic mass is 9.93. The fraction of sp³-hybridized carbons (Fsp3) is 0. The van der Waals surface area contributed by atoms with Crippen molar-refractivity contribution in [3.63, 3.8) is 0 Å². The van der Waals surface area contributed by atoms with Gasteiger partial charge in [-0.1, -0.05) is 54.0 Å². The molecule has 0 aromatic heterocycles. The summed E-state index contributed by atoms with van der Waals surface area (Å²) >= 11 is 0. The summed E-state index contributed by atoms with van der Waals surface area (Å²) in [5.74, 6) is -1.88. The summed E-state index contributed by atoms with van der Waals surface area (Å²) in [7, 11) is 1.80. The lowest BCUT2D eigenvalue weighted by Crippen LogP contribution is -2.17. The van der Waals surface area contributed by atoms with Crippen LogP contribution >= 0.6 is 0 Å². The summed E-state index contributed by atoms with van der Waals surface area (Å²) in [5, 5.41) is 21.9. The number of aromatic hydroxyl groups is 1. The zero-order chi connectivity index (χ0) is 18.7. The number of carboxylic acids is 1. The highest BCUT2D eigenvalue weighted by atomic mass is 16.4. The number of phenolic OH excluding ortho intramolecular Hbond substituents is 1. The molecule has 0 saturated heterocycles. The maximum absolute atomic E-state index is 12.5. The Bertz CT molecular complexity index is 986. The molecule has 0 saturated carbocycles. The molecule has 3 aromatic rings. The van der Waals surface area contributed by atoms with Crippen molar-refractivity contribution in [2.45, 2.75) is 0 Å². The number of rotatable bonds is 4. The Kier molecular flexibility index (Phi) is 4.75. The molecule has 3 N–H and O–H groups in total. The number of carbonyl (C=O) groups excluding carboxylic acids is 1. The Balaban J connectivity index is 2.01. The first kappa shape index (κ1) is 17.3. The number of nitrogens with one attached hydrogen (secondary N) is 1. The van der Waals surface area contributed by atoms with Gasteiger partial charge < -0.3 is 15.5 Å². The van der Waals surface area contributed by atoms with Gasteiger partial charge in [0.2, 0.25) is 0 Å². The smallest absolute Gasteiger partial charge is 0.337 e. The minimum atomic E-state index is -1.15. The van der Waals surface area contributed by atoms with E-state index in [1.54, 1.807) is 32.1 Å². The lowest BCUT2D eigenvalue weighted by molar-refractivity contribution is 0.0698. The van der Waals surface area contributed by atoms with E-state index in [9.17, 15) is 19.8 Å². The van der Waals surface area contributed by atoms with Crippen molar-refractivity contribution < 1.29 is 19.8 Å². The monoisotopic (exact) mass is 345 g/mol. The molecule has 128 valence electrons. The number of aromatic carboxylic acids is 1. The van der Waals surface area contributed by atoms with Crippen LogP contribution in [0.5, 0.6) is 5.75 Å². The molecule has 0 fully saturated rings. The first-order valence-electron chi connectivity index (χ1n) is 7.99. The second kappa shape index (κ2) is 7.15. The molecule has 0 aliphatic rings. The maximum Gasteiger partial charge on any atom is 0.337 e. The maximum atomic E-state index is 12.5. The average molecular weight is 345 g/mol. The van der Waals surface area contributed by atoms with E-state index in [1.807, 2.05) is 30.3 Å². The fourth-order valence-electron chi connectivity index (χ4n) is 2.67. The first-order chi connectivity index (χ1) is 12.5. The standard InChI is InChI=1S/C20H16BNO4/c21-14-7-9-18(23)16(11-14)19(24)22-17-10-13(6-8-15(17)20(25)26)12-4-2-1-3-5-12/h1-11,23H,21H2,(H,22,24)(H,25,26). The molecule has 0 bridgehead atoms. The topological polar surface area (TPSA) is 86.6 Å². The van der Waals surface area contributed by atoms with Crippen molar-refractivity contribution in [3.05, 3.63) is 77.9 Å². The van der Waals surface area contributed by atoms with Gasteiger partial charge in [0.25, 0.3) is 5.91 Å². The van der Waals surface area contributed by atoms with Gasteiger partial charge in [0, 0.05) is 0 Å². The first-order valence-corrected chi connectivity index (χ1v) is 7.99. The van der Waals surface area contributed by atoms with Gasteiger partial charge in [0.15, 0.2) is 0 Å². The van der Waals surface area contributed by atoms with E-state index < -0.39 is 11.9 Å². The van der Waals surface area contributed by atoms with Gasteiger partial charge in [-0.25, -0.2) is 4.79 Å². The third-order valence-electron chi connectivity index (χ3n) is 4.00. The highest BCUT2D eigenvalue weighted by Crippen LogP contribution is 2.27. The number of hydrogen-bond donors (Lipinski definition) is 3. The summed E-state index contributed by atoms with van der Waals surface area (Å²) < 4.78 is 0. The normalized spacial score (nSPS) is 10.3. The van der Waals surface area contributed by atoms with E-state index in [0.717, 1.165) is 16.6 Å². The van der Waals surface area contributed by atoms with Gasteiger partial charge >= 0.3 is 5.97 Å². The van der Waals surface area contributed by atoms with Gasteiger partial charge in [-0.05, 0) is 29.3 Å². The molecule has 3 rings (SSSR count). The predicted molar refractivity (Wildman–Crippen MR) is 103 cm³/mol. The quantitative estimate of drug-likeness (QED) is 0.633. The summed E-state index contributed by atoms with van der Waals surface area (Å²) in [5.41, 5.74) is 2.73. The Hall–Kier alpha value is -3.54. The third-order valence-corrected chi connectivity index (χ3v) is 4.00. The number of benzene rings is 3. The summed E-state index contributed by atoms with van der Waals surface area (Å²) in [6.07, 6.45) is 0. The molecular weight excluding hydrogens is 329 g/mol. The molecule has 0 aliphatic carbocycles. The van der Waals surface area contributed by atoms with Gasteiger partial charge in [0.1, 0.15) is 13.6 Å². The number of hydrogen-bond acceptors (Lipinski definition) is 3. The van der Waals surface area contributed by atoms with Crippen LogP contribution in [0.2, 0.25) is 0 Å². The molecule has 0 unspecified atom stereocenters. The Morgan fingerprint density at radius 3 is 2.27 bits per heavy atom. The lowest BCUT2D eigenvalue weighted by Gasteiger charge is -2.12. The molecule has 5 nitrogen and oxygen atoms in total. The zero-order valence-corrected chi connectivity index (χ0v) is 14.1. The highest BCUT2D eigenvalue weighted by Gasteiger charge is 2.17. The molecule has 0 spiro atoms. The molecule has 0 aliphatic heterocycles. The van der Waals surface area contributed by atoms with Crippen LogP contribution < -0.4 is 10.8 Å². The van der Waals surface area contributed by atoms with Crippen molar-refractivity contribution in [1.82, 2.24) is 0 Å². The molecule has 0 radical (unpaired) electrons. The SMILES string of the molecule is Bc1ccc(O)c(C(=O)Nc2cc(-c3ccccc3)ccc2C(=O)O)c1. The summed E-state index contributed by atoms with van der Waals surface area (Å²) in [6, 6.07) is 18.9. The van der Waals surface area contributed by atoms with Crippen molar-refractivity contribution >= 4 is 30.9 Å². The Morgan fingerprint density at radius 2 is 1.58 bits per heavy atom. The largest absolute Gasteiger partial charge is 0.507 e. The van der Waals surface area contributed by atoms with Crippen molar-refractivity contribution in [3.8, 4) is 16.9 Å². The van der Waals surface area contributed by atoms with E-state index in [0.29, 0.717) is 0 Å². The second-order valence-electron chi connectivity index (χ2n) is 5.91. The number of amides is 1. The summed E-state index contributed by atoms with van der Waals surface area (Å²) in [6.45, 7) is 0. The summed E-state index contributed by atoms with van der Waals surface area (Å²) in [4.78, 5) is 24.1. The van der Waals surface area contributed by atoms with E-state index in [2.05, 4.69) is 5.32 Å². The number of phenols is 1. The van der Waals surface area contributed by atoms with Crippen molar-refractivity contribution in [2.75, 3.05) is 5.32 Å². The van der Waals surface area contributed by atoms with E-state index in [4.69, 9.17) is 0 Å². The van der Waals surface area contributed by atoms with Crippen LogP contribution in [0.15, 0.2) is 66.7 Å². The Morgan fingerprint density at radius 1 is 0.846 bits per heavy atom. The van der Waals surface area contributed by atoms with Crippen LogP contribution in [0.3, 0.4) is 0 Å². The zero-order valence-electron chi connectivity index (χ0n) is 14.1. The molecular formula is C20H16BNO4. The molecule has 3 aromatic carbocycles.